The summed E-state index contributed by atoms with van der Waals surface area (Å²) in [5.41, 5.74) is 3.04. The highest BCUT2D eigenvalue weighted by Gasteiger charge is 2.35. The van der Waals surface area contributed by atoms with Gasteiger partial charge in [0.15, 0.2) is 0 Å². The maximum atomic E-state index is 12.6. The van der Waals surface area contributed by atoms with Crippen LogP contribution in [0.5, 0.6) is 5.75 Å². The maximum Gasteiger partial charge on any atom is 0.288 e. The summed E-state index contributed by atoms with van der Waals surface area (Å²) in [6, 6.07) is 16.8. The summed E-state index contributed by atoms with van der Waals surface area (Å²) in [6.45, 7) is 0. The number of benzene rings is 2. The van der Waals surface area contributed by atoms with Crippen LogP contribution in [0.4, 0.5) is 11.6 Å². The standard InChI is InChI=1S/C19H15N7O2/c1-28-13-10-6-5-9-12(13)17-14-15(11-7-3-2-4-8-11)21-22-18(27)16(14)20-19-23-24-25-26(17)19/h2-10,17H,1H3,(H,22,27)(H,20,23,25)/t17-/m1/s1. The number of methoxy groups -OCH3 is 1. The van der Waals surface area contributed by atoms with E-state index in [4.69, 9.17) is 4.74 Å². The Hall–Kier alpha value is -4.01. The Morgan fingerprint density at radius 2 is 1.86 bits per heavy atom. The molecule has 4 aromatic rings. The first kappa shape index (κ1) is 16.2. The predicted molar refractivity (Wildman–Crippen MR) is 102 cm³/mol. The fraction of sp³-hybridized carbons (Fsp3) is 0.105. The second-order valence-electron chi connectivity index (χ2n) is 6.27. The van der Waals surface area contributed by atoms with E-state index in [1.165, 1.54) is 0 Å². The molecule has 0 aliphatic carbocycles. The number of H-pyrrole nitrogens is 1. The van der Waals surface area contributed by atoms with Crippen LogP contribution in [0.2, 0.25) is 0 Å². The van der Waals surface area contributed by atoms with Gasteiger partial charge < -0.3 is 10.1 Å². The fourth-order valence-corrected chi connectivity index (χ4v) is 3.53. The molecule has 9 heteroatoms. The smallest absolute Gasteiger partial charge is 0.288 e. The van der Waals surface area contributed by atoms with Crippen LogP contribution in [0.15, 0.2) is 59.4 Å². The molecule has 2 aromatic carbocycles. The summed E-state index contributed by atoms with van der Waals surface area (Å²) in [6.07, 6.45) is 0. The van der Waals surface area contributed by atoms with Crippen molar-refractivity contribution in [1.82, 2.24) is 30.4 Å². The molecule has 5 rings (SSSR count). The van der Waals surface area contributed by atoms with Crippen molar-refractivity contribution in [1.29, 1.82) is 0 Å². The molecule has 28 heavy (non-hydrogen) atoms. The lowest BCUT2D eigenvalue weighted by Crippen LogP contribution is -2.29. The van der Waals surface area contributed by atoms with Crippen molar-refractivity contribution in [3.63, 3.8) is 0 Å². The molecular weight excluding hydrogens is 358 g/mol. The van der Waals surface area contributed by atoms with Gasteiger partial charge in [-0.3, -0.25) is 4.79 Å². The Bertz CT molecular complexity index is 1220. The highest BCUT2D eigenvalue weighted by atomic mass is 16.5. The van der Waals surface area contributed by atoms with Gasteiger partial charge >= 0.3 is 0 Å². The van der Waals surface area contributed by atoms with E-state index in [0.29, 0.717) is 28.6 Å². The maximum absolute atomic E-state index is 12.6. The average molecular weight is 373 g/mol. The van der Waals surface area contributed by atoms with Gasteiger partial charge in [-0.1, -0.05) is 53.6 Å². The van der Waals surface area contributed by atoms with Crippen molar-refractivity contribution in [3.05, 3.63) is 76.1 Å². The van der Waals surface area contributed by atoms with Crippen molar-refractivity contribution < 1.29 is 4.74 Å². The SMILES string of the molecule is COc1ccccc1[C@@H]1c2c(-c3ccccc3)n[nH]c(=O)c2Nc2nnnn21. The van der Waals surface area contributed by atoms with E-state index in [-0.39, 0.29) is 5.56 Å². The number of nitrogens with zero attached hydrogens (tertiary/aromatic N) is 5. The van der Waals surface area contributed by atoms with E-state index in [2.05, 4.69) is 31.0 Å². The first-order chi connectivity index (χ1) is 13.8. The molecular formula is C19H15N7O2. The Morgan fingerprint density at radius 3 is 2.68 bits per heavy atom. The third-order valence-corrected chi connectivity index (χ3v) is 4.75. The van der Waals surface area contributed by atoms with Gasteiger partial charge in [0.1, 0.15) is 17.5 Å². The zero-order valence-electron chi connectivity index (χ0n) is 14.8. The summed E-state index contributed by atoms with van der Waals surface area (Å²) < 4.78 is 7.21. The van der Waals surface area contributed by atoms with Crippen LogP contribution in [-0.4, -0.2) is 37.5 Å². The van der Waals surface area contributed by atoms with E-state index in [1.807, 2.05) is 54.6 Å². The van der Waals surface area contributed by atoms with Crippen LogP contribution in [-0.2, 0) is 0 Å². The number of hydrogen-bond donors (Lipinski definition) is 2. The second-order valence-corrected chi connectivity index (χ2v) is 6.27. The Morgan fingerprint density at radius 1 is 1.07 bits per heavy atom. The quantitative estimate of drug-likeness (QED) is 0.498. The number of tetrazole rings is 1. The largest absolute Gasteiger partial charge is 0.496 e. The minimum atomic E-state index is -0.484. The number of hydrogen-bond acceptors (Lipinski definition) is 7. The molecule has 0 saturated carbocycles. The minimum absolute atomic E-state index is 0.344. The molecule has 1 aliphatic heterocycles. The summed E-state index contributed by atoms with van der Waals surface area (Å²) in [4.78, 5) is 12.6. The molecule has 0 fully saturated rings. The van der Waals surface area contributed by atoms with Crippen molar-refractivity contribution in [2.45, 2.75) is 6.04 Å². The van der Waals surface area contributed by atoms with Crippen LogP contribution < -0.4 is 15.6 Å². The summed E-state index contributed by atoms with van der Waals surface area (Å²) in [7, 11) is 1.61. The van der Waals surface area contributed by atoms with Gasteiger partial charge in [0.05, 0.1) is 12.8 Å². The van der Waals surface area contributed by atoms with Gasteiger partial charge in [-0.05, 0) is 16.5 Å². The molecule has 2 aromatic heterocycles. The fourth-order valence-electron chi connectivity index (χ4n) is 3.53. The van der Waals surface area contributed by atoms with Crippen LogP contribution in [0.3, 0.4) is 0 Å². The van der Waals surface area contributed by atoms with E-state index in [0.717, 1.165) is 11.1 Å². The van der Waals surface area contributed by atoms with E-state index < -0.39 is 6.04 Å². The molecule has 0 unspecified atom stereocenters. The zero-order chi connectivity index (χ0) is 19.1. The Balaban J connectivity index is 1.86. The summed E-state index contributed by atoms with van der Waals surface area (Å²) in [5, 5.41) is 21.9. The lowest BCUT2D eigenvalue weighted by atomic mass is 9.92. The normalized spacial score (nSPS) is 14.7. The van der Waals surface area contributed by atoms with Gasteiger partial charge in [0.25, 0.3) is 5.56 Å². The monoisotopic (exact) mass is 373 g/mol. The number of nitrogens with one attached hydrogen (secondary N) is 2. The highest BCUT2D eigenvalue weighted by molar-refractivity contribution is 5.75. The van der Waals surface area contributed by atoms with Gasteiger partial charge in [-0.15, -0.1) is 0 Å². The molecule has 0 spiro atoms. The van der Waals surface area contributed by atoms with Crippen molar-refractivity contribution in [3.8, 4) is 17.0 Å². The number of ether oxygens (including phenoxy) is 1. The van der Waals surface area contributed by atoms with Crippen molar-refractivity contribution in [2.75, 3.05) is 12.4 Å². The third kappa shape index (κ3) is 2.37. The van der Waals surface area contributed by atoms with E-state index in [9.17, 15) is 4.79 Å². The number of aromatic nitrogens is 6. The van der Waals surface area contributed by atoms with Gasteiger partial charge in [0, 0.05) is 16.7 Å². The second kappa shape index (κ2) is 6.31. The highest BCUT2D eigenvalue weighted by Crippen LogP contribution is 2.43. The van der Waals surface area contributed by atoms with E-state index in [1.54, 1.807) is 11.8 Å². The number of para-hydroxylation sites is 1. The molecule has 3 heterocycles. The summed E-state index contributed by atoms with van der Waals surface area (Å²) >= 11 is 0. The lowest BCUT2D eigenvalue weighted by Gasteiger charge is -2.28. The van der Waals surface area contributed by atoms with Crippen LogP contribution in [0, 0.1) is 0 Å². The molecule has 138 valence electrons. The minimum Gasteiger partial charge on any atom is -0.496 e. The molecule has 0 saturated heterocycles. The van der Waals surface area contributed by atoms with Crippen LogP contribution >= 0.6 is 0 Å². The van der Waals surface area contributed by atoms with Crippen LogP contribution in [0.25, 0.3) is 11.3 Å². The molecule has 2 N–H and O–H groups in total. The molecule has 0 bridgehead atoms. The number of aromatic amines is 1. The van der Waals surface area contributed by atoms with Gasteiger partial charge in [0.2, 0.25) is 5.95 Å². The molecule has 9 nitrogen and oxygen atoms in total. The van der Waals surface area contributed by atoms with Crippen LogP contribution in [0.1, 0.15) is 17.2 Å². The lowest BCUT2D eigenvalue weighted by molar-refractivity contribution is 0.402. The van der Waals surface area contributed by atoms with Gasteiger partial charge in [-0.25, -0.2) is 5.10 Å². The first-order valence-corrected chi connectivity index (χ1v) is 8.63. The molecule has 1 atom stereocenters. The van der Waals surface area contributed by atoms with Crippen molar-refractivity contribution >= 4 is 11.6 Å². The molecule has 0 radical (unpaired) electrons. The summed E-state index contributed by atoms with van der Waals surface area (Å²) in [5.74, 6) is 1.04. The Labute approximate surface area is 159 Å². The number of fused-ring (bicyclic) bond motifs is 2. The average Bonchev–Trinajstić information content (AvgIpc) is 3.22. The first-order valence-electron chi connectivity index (χ1n) is 8.63. The van der Waals surface area contributed by atoms with Gasteiger partial charge in [-0.2, -0.15) is 9.78 Å². The third-order valence-electron chi connectivity index (χ3n) is 4.75. The Kier molecular flexibility index (Phi) is 3.64. The molecule has 0 amide bonds. The predicted octanol–water partition coefficient (Wildman–Crippen LogP) is 2.13. The number of anilines is 2. The number of rotatable bonds is 3. The zero-order valence-corrected chi connectivity index (χ0v) is 14.8. The van der Waals surface area contributed by atoms with E-state index >= 15 is 0 Å². The molecule has 1 aliphatic rings. The van der Waals surface area contributed by atoms with Crippen molar-refractivity contribution in [2.24, 2.45) is 0 Å². The topological polar surface area (TPSA) is 111 Å².